The number of nitrogens with two attached hydrogens (primary N) is 1. The Balaban J connectivity index is 2.78. The lowest BCUT2D eigenvalue weighted by Crippen LogP contribution is -2.25. The van der Waals surface area contributed by atoms with E-state index in [0.29, 0.717) is 13.0 Å². The van der Waals surface area contributed by atoms with Crippen LogP contribution in [0.2, 0.25) is 0 Å². The van der Waals surface area contributed by atoms with Crippen molar-refractivity contribution in [2.24, 2.45) is 5.73 Å². The van der Waals surface area contributed by atoms with Gasteiger partial charge in [0.1, 0.15) is 6.26 Å². The van der Waals surface area contributed by atoms with Gasteiger partial charge >= 0.3 is 5.97 Å². The lowest BCUT2D eigenvalue weighted by Gasteiger charge is -2.01. The highest BCUT2D eigenvalue weighted by Crippen LogP contribution is 2.14. The van der Waals surface area contributed by atoms with Crippen molar-refractivity contribution in [3.05, 3.63) is 17.9 Å². The van der Waals surface area contributed by atoms with E-state index in [9.17, 15) is 13.2 Å². The molecule has 0 unspecified atom stereocenters. The van der Waals surface area contributed by atoms with Gasteiger partial charge in [0.05, 0.1) is 12.7 Å². The predicted molar refractivity (Wildman–Crippen MR) is 58.9 cm³/mol. The van der Waals surface area contributed by atoms with E-state index in [1.54, 1.807) is 0 Å². The molecule has 0 saturated carbocycles. The minimum atomic E-state index is -3.73. The molecule has 1 aromatic heterocycles. The van der Waals surface area contributed by atoms with Crippen LogP contribution in [0, 0.1) is 0 Å². The lowest BCUT2D eigenvalue weighted by molar-refractivity contribution is 0.0600. The minimum absolute atomic E-state index is 0.0479. The number of ether oxygens (including phenoxy) is 1. The van der Waals surface area contributed by atoms with Gasteiger partial charge in [-0.05, 0) is 13.0 Å². The largest absolute Gasteiger partial charge is 0.465 e. The highest BCUT2D eigenvalue weighted by atomic mass is 32.2. The molecule has 1 aromatic rings. The van der Waals surface area contributed by atoms with E-state index >= 15 is 0 Å². The number of hydrogen-bond donors (Lipinski definition) is 2. The maximum Gasteiger partial charge on any atom is 0.341 e. The fraction of sp³-hybridized carbons (Fsp3) is 0.444. The Kier molecular flexibility index (Phi) is 4.67. The summed E-state index contributed by atoms with van der Waals surface area (Å²) in [7, 11) is -2.54. The van der Waals surface area contributed by atoms with Crippen LogP contribution in [0.5, 0.6) is 0 Å². The second-order valence-corrected chi connectivity index (χ2v) is 4.88. The molecule has 0 saturated heterocycles. The van der Waals surface area contributed by atoms with Gasteiger partial charge in [0, 0.05) is 12.6 Å². The van der Waals surface area contributed by atoms with Gasteiger partial charge in [-0.2, -0.15) is 0 Å². The summed E-state index contributed by atoms with van der Waals surface area (Å²) in [6.45, 7) is 0.598. The smallest absolute Gasteiger partial charge is 0.341 e. The number of methoxy groups -OCH3 is 1. The first-order valence-corrected chi connectivity index (χ1v) is 6.36. The SMILES string of the molecule is COC(=O)c1coc(S(=O)(=O)NCCCN)c1. The van der Waals surface area contributed by atoms with Crippen molar-refractivity contribution in [1.29, 1.82) is 0 Å². The van der Waals surface area contributed by atoms with Crippen LogP contribution in [0.25, 0.3) is 0 Å². The third kappa shape index (κ3) is 3.55. The van der Waals surface area contributed by atoms with Gasteiger partial charge in [-0.15, -0.1) is 0 Å². The maximum absolute atomic E-state index is 11.6. The Morgan fingerprint density at radius 1 is 1.59 bits per heavy atom. The summed E-state index contributed by atoms with van der Waals surface area (Å²) in [5.74, 6) is -0.655. The first-order valence-electron chi connectivity index (χ1n) is 4.88. The third-order valence-corrected chi connectivity index (χ3v) is 3.26. The summed E-state index contributed by atoms with van der Waals surface area (Å²) < 4.78 is 34.8. The number of hydrogen-bond acceptors (Lipinski definition) is 6. The van der Waals surface area contributed by atoms with Gasteiger partial charge in [0.2, 0.25) is 5.09 Å². The first kappa shape index (κ1) is 13.7. The second-order valence-electron chi connectivity index (χ2n) is 3.19. The molecule has 0 spiro atoms. The van der Waals surface area contributed by atoms with E-state index < -0.39 is 16.0 Å². The van der Waals surface area contributed by atoms with Crippen LogP contribution in [0.1, 0.15) is 16.8 Å². The number of sulfonamides is 1. The molecule has 0 aliphatic heterocycles. The van der Waals surface area contributed by atoms with Crippen molar-refractivity contribution in [2.75, 3.05) is 20.2 Å². The molecule has 0 bridgehead atoms. The molecule has 96 valence electrons. The lowest BCUT2D eigenvalue weighted by atomic mass is 10.3. The van der Waals surface area contributed by atoms with Crippen molar-refractivity contribution in [3.8, 4) is 0 Å². The average Bonchev–Trinajstić information content (AvgIpc) is 2.78. The molecule has 0 amide bonds. The number of carbonyl (C=O) groups is 1. The van der Waals surface area contributed by atoms with Gasteiger partial charge in [0.25, 0.3) is 10.0 Å². The minimum Gasteiger partial charge on any atom is -0.465 e. The van der Waals surface area contributed by atoms with E-state index in [1.807, 2.05) is 0 Å². The quantitative estimate of drug-likeness (QED) is 0.537. The number of furan rings is 1. The molecule has 0 aliphatic rings. The average molecular weight is 262 g/mol. The monoisotopic (exact) mass is 262 g/mol. The maximum atomic E-state index is 11.6. The van der Waals surface area contributed by atoms with Crippen LogP contribution in [-0.2, 0) is 14.8 Å². The van der Waals surface area contributed by atoms with E-state index in [4.69, 9.17) is 10.2 Å². The molecule has 3 N–H and O–H groups in total. The van der Waals surface area contributed by atoms with Crippen molar-refractivity contribution in [3.63, 3.8) is 0 Å². The fourth-order valence-electron chi connectivity index (χ4n) is 1.06. The van der Waals surface area contributed by atoms with Gasteiger partial charge in [-0.3, -0.25) is 0 Å². The first-order chi connectivity index (χ1) is 8.01. The molecule has 0 radical (unpaired) electrons. The normalized spacial score (nSPS) is 11.4. The summed E-state index contributed by atoms with van der Waals surface area (Å²) >= 11 is 0. The Bertz CT molecular complexity index is 479. The van der Waals surface area contributed by atoms with Gasteiger partial charge < -0.3 is 14.9 Å². The van der Waals surface area contributed by atoms with E-state index in [0.717, 1.165) is 12.3 Å². The molecule has 0 atom stereocenters. The Morgan fingerprint density at radius 2 is 2.29 bits per heavy atom. The molecular weight excluding hydrogens is 248 g/mol. The van der Waals surface area contributed by atoms with Gasteiger partial charge in [-0.25, -0.2) is 17.9 Å². The van der Waals surface area contributed by atoms with Crippen molar-refractivity contribution in [2.45, 2.75) is 11.5 Å². The zero-order valence-corrected chi connectivity index (χ0v) is 10.1. The summed E-state index contributed by atoms with van der Waals surface area (Å²) in [6, 6.07) is 1.11. The van der Waals surface area contributed by atoms with Crippen molar-refractivity contribution in [1.82, 2.24) is 4.72 Å². The van der Waals surface area contributed by atoms with Gasteiger partial charge in [-0.1, -0.05) is 0 Å². The van der Waals surface area contributed by atoms with Crippen molar-refractivity contribution < 1.29 is 22.4 Å². The Labute approximate surface area is 99.0 Å². The van der Waals surface area contributed by atoms with Crippen molar-refractivity contribution >= 4 is 16.0 Å². The number of rotatable bonds is 6. The molecule has 17 heavy (non-hydrogen) atoms. The van der Waals surface area contributed by atoms with E-state index in [1.165, 1.54) is 7.11 Å². The van der Waals surface area contributed by atoms with E-state index in [-0.39, 0.29) is 17.2 Å². The summed E-state index contributed by atoms with van der Waals surface area (Å²) in [6.07, 6.45) is 1.55. The molecule has 7 nitrogen and oxygen atoms in total. The van der Waals surface area contributed by atoms with Crippen LogP contribution in [0.3, 0.4) is 0 Å². The van der Waals surface area contributed by atoms with Gasteiger partial charge in [0.15, 0.2) is 0 Å². The highest BCUT2D eigenvalue weighted by Gasteiger charge is 2.20. The topological polar surface area (TPSA) is 112 Å². The summed E-state index contributed by atoms with van der Waals surface area (Å²) in [4.78, 5) is 11.1. The van der Waals surface area contributed by atoms with Crippen LogP contribution in [-0.4, -0.2) is 34.6 Å². The fourth-order valence-corrected chi connectivity index (χ4v) is 2.07. The zero-order chi connectivity index (χ0) is 12.9. The summed E-state index contributed by atoms with van der Waals surface area (Å²) in [5.41, 5.74) is 5.29. The second kappa shape index (κ2) is 5.80. The van der Waals surface area contributed by atoms with Crippen LogP contribution >= 0.6 is 0 Å². The van der Waals surface area contributed by atoms with Crippen LogP contribution in [0.15, 0.2) is 21.8 Å². The molecule has 0 aromatic carbocycles. The Hall–Kier alpha value is -1.38. The Morgan fingerprint density at radius 3 is 2.88 bits per heavy atom. The molecule has 1 heterocycles. The van der Waals surface area contributed by atoms with Crippen LogP contribution in [0.4, 0.5) is 0 Å². The summed E-state index contributed by atoms with van der Waals surface area (Å²) in [5, 5.41) is -0.324. The molecular formula is C9H14N2O5S. The number of nitrogens with one attached hydrogen (secondary N) is 1. The number of esters is 1. The third-order valence-electron chi connectivity index (χ3n) is 1.93. The number of carbonyl (C=O) groups excluding carboxylic acids is 1. The van der Waals surface area contributed by atoms with E-state index in [2.05, 4.69) is 9.46 Å². The molecule has 0 fully saturated rings. The zero-order valence-electron chi connectivity index (χ0n) is 9.30. The van der Waals surface area contributed by atoms with Crippen LogP contribution < -0.4 is 10.5 Å². The molecule has 0 aliphatic carbocycles. The molecule has 1 rings (SSSR count). The predicted octanol–water partition coefficient (Wildman–Crippen LogP) is -0.307. The molecule has 8 heteroatoms. The standard InChI is InChI=1S/C9H14N2O5S/c1-15-9(12)7-5-8(16-6-7)17(13,14)11-4-2-3-10/h5-6,11H,2-4,10H2,1H3. The highest BCUT2D eigenvalue weighted by molar-refractivity contribution is 7.89.